The lowest BCUT2D eigenvalue weighted by atomic mass is 10.1. The second-order valence-electron chi connectivity index (χ2n) is 3.54. The summed E-state index contributed by atoms with van der Waals surface area (Å²) < 4.78 is 0.803. The van der Waals surface area contributed by atoms with Crippen LogP contribution in [0.4, 0.5) is 0 Å². The van der Waals surface area contributed by atoms with E-state index in [1.54, 1.807) is 11.3 Å². The zero-order valence-corrected chi connectivity index (χ0v) is 11.1. The van der Waals surface area contributed by atoms with Crippen LogP contribution in [0.2, 0.25) is 4.34 Å². The van der Waals surface area contributed by atoms with Crippen molar-refractivity contribution in [3.05, 3.63) is 21.3 Å². The van der Waals surface area contributed by atoms with Crippen molar-refractivity contribution in [2.45, 2.75) is 18.9 Å². The number of carbonyl (C=O) groups excluding carboxylic acids is 1. The molecule has 1 aliphatic heterocycles. The molecule has 1 fully saturated rings. The Labute approximate surface area is 110 Å². The summed E-state index contributed by atoms with van der Waals surface area (Å²) in [4.78, 5) is 12.6. The molecule has 6 heteroatoms. The van der Waals surface area contributed by atoms with Gasteiger partial charge >= 0.3 is 0 Å². The summed E-state index contributed by atoms with van der Waals surface area (Å²) in [6, 6.07) is 3.93. The largest absolute Gasteiger partial charge is 0.354 e. The van der Waals surface area contributed by atoms with E-state index in [4.69, 9.17) is 11.6 Å². The number of rotatable bonds is 4. The molecule has 0 spiro atoms. The molecule has 1 aromatic heterocycles. The molecule has 0 aromatic carbocycles. The van der Waals surface area contributed by atoms with E-state index < -0.39 is 0 Å². The van der Waals surface area contributed by atoms with Crippen LogP contribution in [0.3, 0.4) is 0 Å². The fourth-order valence-corrected chi connectivity index (χ4v) is 2.52. The van der Waals surface area contributed by atoms with Gasteiger partial charge in [-0.25, -0.2) is 0 Å². The van der Waals surface area contributed by atoms with Crippen LogP contribution >= 0.6 is 35.3 Å². The van der Waals surface area contributed by atoms with Crippen molar-refractivity contribution >= 4 is 41.3 Å². The molecule has 3 nitrogen and oxygen atoms in total. The van der Waals surface area contributed by atoms with Gasteiger partial charge in [-0.15, -0.1) is 23.7 Å². The molecule has 0 bridgehead atoms. The van der Waals surface area contributed by atoms with Gasteiger partial charge in [-0.05, 0) is 31.5 Å². The van der Waals surface area contributed by atoms with Crippen LogP contribution in [-0.2, 0) is 11.2 Å². The first-order chi connectivity index (χ1) is 7.25. The summed E-state index contributed by atoms with van der Waals surface area (Å²) in [6.07, 6.45) is 1.81. The first-order valence-corrected chi connectivity index (χ1v) is 6.20. The first kappa shape index (κ1) is 13.8. The monoisotopic (exact) mass is 280 g/mol. The Hall–Kier alpha value is -0.290. The Morgan fingerprint density at radius 3 is 2.88 bits per heavy atom. The van der Waals surface area contributed by atoms with Crippen LogP contribution < -0.4 is 10.6 Å². The topological polar surface area (TPSA) is 41.1 Å². The van der Waals surface area contributed by atoms with E-state index in [1.165, 1.54) is 4.88 Å². The highest BCUT2D eigenvalue weighted by Gasteiger charge is 2.23. The summed E-state index contributed by atoms with van der Waals surface area (Å²) in [6.45, 7) is 1.65. The van der Waals surface area contributed by atoms with E-state index in [-0.39, 0.29) is 24.4 Å². The average molecular weight is 281 g/mol. The highest BCUT2D eigenvalue weighted by atomic mass is 35.5. The van der Waals surface area contributed by atoms with Crippen molar-refractivity contribution in [3.63, 3.8) is 0 Å². The minimum Gasteiger partial charge on any atom is -0.354 e. The zero-order chi connectivity index (χ0) is 10.7. The van der Waals surface area contributed by atoms with Gasteiger partial charge in [0.05, 0.1) is 10.4 Å². The van der Waals surface area contributed by atoms with Gasteiger partial charge in [0.1, 0.15) is 0 Å². The van der Waals surface area contributed by atoms with E-state index in [1.807, 2.05) is 12.1 Å². The standard InChI is InChI=1S/C10H13ClN2OS.ClH/c11-9-2-1-7(15-9)3-5-13-10(14)8-4-6-12-8;/h1-2,8,12H,3-6H2,(H,13,14);1H/t8-;/m1./s1. The van der Waals surface area contributed by atoms with Crippen LogP contribution in [-0.4, -0.2) is 25.0 Å². The Kier molecular flexibility index (Phi) is 5.55. The smallest absolute Gasteiger partial charge is 0.237 e. The van der Waals surface area contributed by atoms with Crippen molar-refractivity contribution in [2.75, 3.05) is 13.1 Å². The molecule has 16 heavy (non-hydrogen) atoms. The van der Waals surface area contributed by atoms with Crippen molar-refractivity contribution in [2.24, 2.45) is 0 Å². The summed E-state index contributed by atoms with van der Waals surface area (Å²) in [5, 5.41) is 5.97. The normalized spacial score (nSPS) is 18.4. The van der Waals surface area contributed by atoms with Crippen LogP contribution in [0.5, 0.6) is 0 Å². The average Bonchev–Trinajstić information content (AvgIpc) is 2.48. The second kappa shape index (κ2) is 6.45. The highest BCUT2D eigenvalue weighted by Crippen LogP contribution is 2.21. The third-order valence-corrected chi connectivity index (χ3v) is 3.73. The van der Waals surface area contributed by atoms with Crippen LogP contribution in [0, 0.1) is 0 Å². The molecule has 0 unspecified atom stereocenters. The van der Waals surface area contributed by atoms with Gasteiger partial charge in [0.15, 0.2) is 0 Å². The van der Waals surface area contributed by atoms with E-state index in [2.05, 4.69) is 10.6 Å². The van der Waals surface area contributed by atoms with E-state index >= 15 is 0 Å². The summed E-state index contributed by atoms with van der Waals surface area (Å²) in [5.74, 6) is 0.115. The third kappa shape index (κ3) is 3.63. The van der Waals surface area contributed by atoms with E-state index in [9.17, 15) is 4.79 Å². The predicted octanol–water partition coefficient (Wildman–Crippen LogP) is 1.84. The van der Waals surface area contributed by atoms with Gasteiger partial charge in [-0.3, -0.25) is 4.79 Å². The number of halogens is 2. The van der Waals surface area contributed by atoms with Gasteiger partial charge < -0.3 is 10.6 Å². The Morgan fingerprint density at radius 1 is 1.62 bits per heavy atom. The Morgan fingerprint density at radius 2 is 2.38 bits per heavy atom. The Bertz CT molecular complexity index is 352. The highest BCUT2D eigenvalue weighted by molar-refractivity contribution is 7.16. The predicted molar refractivity (Wildman–Crippen MR) is 69.7 cm³/mol. The lowest BCUT2D eigenvalue weighted by Crippen LogP contribution is -2.53. The van der Waals surface area contributed by atoms with E-state index in [0.29, 0.717) is 6.54 Å². The lowest BCUT2D eigenvalue weighted by molar-refractivity contribution is -0.124. The van der Waals surface area contributed by atoms with Gasteiger partial charge in [-0.2, -0.15) is 0 Å². The maximum atomic E-state index is 11.4. The number of carbonyl (C=O) groups is 1. The summed E-state index contributed by atoms with van der Waals surface area (Å²) in [5.41, 5.74) is 0. The number of hydrogen-bond donors (Lipinski definition) is 2. The van der Waals surface area contributed by atoms with Crippen LogP contribution in [0.25, 0.3) is 0 Å². The maximum absolute atomic E-state index is 11.4. The molecule has 90 valence electrons. The van der Waals surface area contributed by atoms with Crippen molar-refractivity contribution < 1.29 is 4.79 Å². The minimum atomic E-state index is 0. The molecule has 2 rings (SSSR count). The molecule has 2 N–H and O–H groups in total. The molecule has 0 radical (unpaired) electrons. The number of hydrogen-bond acceptors (Lipinski definition) is 3. The van der Waals surface area contributed by atoms with Gasteiger partial charge in [-0.1, -0.05) is 11.6 Å². The minimum absolute atomic E-state index is 0. The maximum Gasteiger partial charge on any atom is 0.237 e. The first-order valence-electron chi connectivity index (χ1n) is 5.01. The van der Waals surface area contributed by atoms with E-state index in [0.717, 1.165) is 23.7 Å². The molecule has 1 aliphatic rings. The molecule has 1 saturated heterocycles. The van der Waals surface area contributed by atoms with Gasteiger partial charge in [0.25, 0.3) is 0 Å². The fraction of sp³-hybridized carbons (Fsp3) is 0.500. The molecular formula is C10H14Cl2N2OS. The zero-order valence-electron chi connectivity index (χ0n) is 8.66. The molecule has 1 amide bonds. The molecule has 2 heterocycles. The number of thiophene rings is 1. The summed E-state index contributed by atoms with van der Waals surface area (Å²) in [7, 11) is 0. The second-order valence-corrected chi connectivity index (χ2v) is 5.34. The van der Waals surface area contributed by atoms with Crippen molar-refractivity contribution in [3.8, 4) is 0 Å². The van der Waals surface area contributed by atoms with Crippen molar-refractivity contribution in [1.29, 1.82) is 0 Å². The molecule has 1 aromatic rings. The van der Waals surface area contributed by atoms with Crippen LogP contribution in [0.15, 0.2) is 12.1 Å². The third-order valence-electron chi connectivity index (χ3n) is 2.44. The molecular weight excluding hydrogens is 267 g/mol. The van der Waals surface area contributed by atoms with Gasteiger partial charge in [0.2, 0.25) is 5.91 Å². The summed E-state index contributed by atoms with van der Waals surface area (Å²) >= 11 is 7.37. The van der Waals surface area contributed by atoms with Crippen LogP contribution in [0.1, 0.15) is 11.3 Å². The van der Waals surface area contributed by atoms with Crippen molar-refractivity contribution in [1.82, 2.24) is 10.6 Å². The molecule has 0 saturated carbocycles. The quantitative estimate of drug-likeness (QED) is 0.884. The SMILES string of the molecule is Cl.O=C(NCCc1ccc(Cl)s1)[C@H]1CCN1. The lowest BCUT2D eigenvalue weighted by Gasteiger charge is -2.26. The number of nitrogens with one attached hydrogen (secondary N) is 2. The molecule has 0 aliphatic carbocycles. The number of amides is 1. The Balaban J connectivity index is 0.00000128. The molecule has 1 atom stereocenters. The van der Waals surface area contributed by atoms with Gasteiger partial charge in [0, 0.05) is 11.4 Å². The fourth-order valence-electron chi connectivity index (χ4n) is 1.43.